The number of furan rings is 1. The van der Waals surface area contributed by atoms with Crippen LogP contribution in [0.25, 0.3) is 11.2 Å². The highest BCUT2D eigenvalue weighted by molar-refractivity contribution is 6.33. The Morgan fingerprint density at radius 1 is 1.37 bits per heavy atom. The van der Waals surface area contributed by atoms with Crippen LogP contribution in [-0.2, 0) is 22.4 Å². The summed E-state index contributed by atoms with van der Waals surface area (Å²) in [5.74, 6) is 2.20. The number of pyridine rings is 1. The highest BCUT2D eigenvalue weighted by Crippen LogP contribution is 2.35. The number of nitrogens with two attached hydrogens (primary N) is 1. The molecule has 0 bridgehead atoms. The number of aromatic amines is 1. The summed E-state index contributed by atoms with van der Waals surface area (Å²) in [5, 5.41) is 13.5. The van der Waals surface area contributed by atoms with E-state index in [2.05, 4.69) is 20.3 Å². The second kappa shape index (κ2) is 7.40. The lowest BCUT2D eigenvalue weighted by molar-refractivity contribution is -0.0647. The first-order chi connectivity index (χ1) is 14.5. The number of rotatable bonds is 6. The van der Waals surface area contributed by atoms with Gasteiger partial charge in [-0.15, -0.1) is 0 Å². The van der Waals surface area contributed by atoms with Gasteiger partial charge in [0.2, 0.25) is 0 Å². The van der Waals surface area contributed by atoms with E-state index in [0.29, 0.717) is 28.5 Å². The summed E-state index contributed by atoms with van der Waals surface area (Å²) in [6.45, 7) is 2.76. The first-order valence-electron chi connectivity index (χ1n) is 9.73. The molecule has 3 aromatic heterocycles. The molecular formula is C19H22ClN5O5. The zero-order valence-corrected chi connectivity index (χ0v) is 17.0. The van der Waals surface area contributed by atoms with E-state index >= 15 is 0 Å². The Hall–Kier alpha value is -2.37. The van der Waals surface area contributed by atoms with Crippen LogP contribution in [0.1, 0.15) is 18.4 Å². The summed E-state index contributed by atoms with van der Waals surface area (Å²) in [4.78, 5) is 11.9. The van der Waals surface area contributed by atoms with Crippen LogP contribution < -0.4 is 15.8 Å². The number of fused-ring (bicyclic) bond motifs is 2. The minimum Gasteiger partial charge on any atom is -0.464 e. The molecule has 0 radical (unpaired) electrons. The fourth-order valence-corrected chi connectivity index (χ4v) is 3.97. The summed E-state index contributed by atoms with van der Waals surface area (Å²) in [5.41, 5.74) is 6.08. The van der Waals surface area contributed by atoms with Crippen LogP contribution in [0.3, 0.4) is 0 Å². The van der Waals surface area contributed by atoms with Crippen LogP contribution in [-0.4, -0.2) is 57.3 Å². The van der Waals surface area contributed by atoms with E-state index in [4.69, 9.17) is 36.0 Å². The molecule has 160 valence electrons. The Kier molecular flexibility index (Phi) is 4.83. The van der Waals surface area contributed by atoms with Crippen molar-refractivity contribution in [3.63, 3.8) is 0 Å². The van der Waals surface area contributed by atoms with Crippen molar-refractivity contribution < 1.29 is 23.7 Å². The maximum Gasteiger partial charge on any atom is 0.296 e. The van der Waals surface area contributed by atoms with Crippen LogP contribution in [0, 0.1) is 0 Å². The van der Waals surface area contributed by atoms with Crippen molar-refractivity contribution in [1.29, 1.82) is 0 Å². The molecule has 11 heteroatoms. The van der Waals surface area contributed by atoms with E-state index in [0.717, 1.165) is 17.9 Å². The Morgan fingerprint density at radius 2 is 2.20 bits per heavy atom. The topological polar surface area (TPSA) is 141 Å². The van der Waals surface area contributed by atoms with Gasteiger partial charge < -0.3 is 34.0 Å². The molecule has 4 atom stereocenters. The van der Waals surface area contributed by atoms with Gasteiger partial charge in [0, 0.05) is 6.42 Å². The number of aromatic nitrogens is 3. The molecule has 0 unspecified atom stereocenters. The molecule has 0 spiro atoms. The van der Waals surface area contributed by atoms with E-state index in [-0.39, 0.29) is 19.2 Å². The Balaban J connectivity index is 1.32. The number of nitrogens with one attached hydrogen (secondary N) is 2. The molecule has 2 saturated heterocycles. The van der Waals surface area contributed by atoms with Crippen LogP contribution in [0.5, 0.6) is 6.01 Å². The molecule has 5 N–H and O–H groups in total. The van der Waals surface area contributed by atoms with Crippen molar-refractivity contribution in [3.8, 4) is 6.01 Å². The maximum absolute atomic E-state index is 9.92. The number of anilines is 1. The lowest BCUT2D eigenvalue weighted by Crippen LogP contribution is -2.57. The molecule has 0 aromatic carbocycles. The highest BCUT2D eigenvalue weighted by Gasteiger charge is 2.59. The Morgan fingerprint density at radius 3 is 3.00 bits per heavy atom. The Labute approximate surface area is 176 Å². The first-order valence-corrected chi connectivity index (χ1v) is 10.1. The maximum atomic E-state index is 9.92. The van der Waals surface area contributed by atoms with E-state index in [1.807, 2.05) is 19.1 Å². The smallest absolute Gasteiger partial charge is 0.296 e. The number of hydrogen-bond donors (Lipinski definition) is 4. The summed E-state index contributed by atoms with van der Waals surface area (Å²) in [7, 11) is 0. The standard InChI is InChI=1S/C19H22ClN5O5/c1-2-9-3-4-10(29-9)6-22-16-11(20)5-12-17(24-16)25-18(23-12)30-14-8-27-15-13(26)7-28-19(14,15)21/h3-5,13-15,26H,2,6-8,21H2,1H3,(H2,22,23,24,25)/t13-,14-,15-,19-/m1/s1. The van der Waals surface area contributed by atoms with E-state index in [1.165, 1.54) is 0 Å². The monoisotopic (exact) mass is 435 g/mol. The number of H-pyrrole nitrogens is 1. The van der Waals surface area contributed by atoms with Gasteiger partial charge in [-0.3, -0.25) is 5.73 Å². The van der Waals surface area contributed by atoms with E-state index < -0.39 is 24.0 Å². The number of nitrogens with zero attached hydrogens (tertiary/aromatic N) is 2. The molecule has 5 heterocycles. The second-order valence-corrected chi connectivity index (χ2v) is 7.81. The third-order valence-corrected chi connectivity index (χ3v) is 5.67. The minimum absolute atomic E-state index is 0.1000. The van der Waals surface area contributed by atoms with E-state index in [1.54, 1.807) is 6.07 Å². The predicted octanol–water partition coefficient (Wildman–Crippen LogP) is 1.57. The van der Waals surface area contributed by atoms with Crippen molar-refractivity contribution >= 4 is 28.6 Å². The van der Waals surface area contributed by atoms with Crippen molar-refractivity contribution in [2.45, 2.75) is 43.9 Å². The van der Waals surface area contributed by atoms with Crippen LogP contribution in [0.15, 0.2) is 22.6 Å². The van der Waals surface area contributed by atoms with Gasteiger partial charge in [-0.25, -0.2) is 4.98 Å². The molecule has 2 fully saturated rings. The normalized spacial score (nSPS) is 28.2. The van der Waals surface area contributed by atoms with Gasteiger partial charge in [0.15, 0.2) is 17.5 Å². The molecule has 2 aliphatic rings. The lowest BCUT2D eigenvalue weighted by atomic mass is 10.0. The van der Waals surface area contributed by atoms with Gasteiger partial charge in [0.05, 0.1) is 30.3 Å². The average Bonchev–Trinajstić information content (AvgIpc) is 3.47. The van der Waals surface area contributed by atoms with Gasteiger partial charge in [0.1, 0.15) is 29.5 Å². The van der Waals surface area contributed by atoms with Crippen LogP contribution in [0.2, 0.25) is 5.02 Å². The fraction of sp³-hybridized carbons (Fsp3) is 0.474. The number of aliphatic hydroxyl groups excluding tert-OH is 1. The summed E-state index contributed by atoms with van der Waals surface area (Å²) in [6, 6.07) is 5.79. The summed E-state index contributed by atoms with van der Waals surface area (Å²) in [6.07, 6.45) is -1.21. The average molecular weight is 436 g/mol. The van der Waals surface area contributed by atoms with Crippen molar-refractivity contribution in [3.05, 3.63) is 34.7 Å². The number of hydrogen-bond acceptors (Lipinski definition) is 9. The van der Waals surface area contributed by atoms with Crippen LogP contribution in [0.4, 0.5) is 5.82 Å². The number of aliphatic hydroxyl groups is 1. The van der Waals surface area contributed by atoms with Gasteiger partial charge in [-0.1, -0.05) is 18.5 Å². The molecule has 0 saturated carbocycles. The zero-order valence-electron chi connectivity index (χ0n) is 16.2. The van der Waals surface area contributed by atoms with Crippen molar-refractivity contribution in [1.82, 2.24) is 15.0 Å². The van der Waals surface area contributed by atoms with Crippen LogP contribution >= 0.6 is 11.6 Å². The predicted molar refractivity (Wildman–Crippen MR) is 107 cm³/mol. The lowest BCUT2D eigenvalue weighted by Gasteiger charge is -2.27. The number of imidazole rings is 1. The Bertz CT molecular complexity index is 1070. The van der Waals surface area contributed by atoms with Gasteiger partial charge >= 0.3 is 0 Å². The summed E-state index contributed by atoms with van der Waals surface area (Å²) >= 11 is 6.36. The van der Waals surface area contributed by atoms with Crippen molar-refractivity contribution in [2.75, 3.05) is 18.5 Å². The van der Waals surface area contributed by atoms with E-state index in [9.17, 15) is 5.11 Å². The largest absolute Gasteiger partial charge is 0.464 e. The van der Waals surface area contributed by atoms with Crippen molar-refractivity contribution in [2.24, 2.45) is 5.73 Å². The number of aryl methyl sites for hydroxylation is 1. The third kappa shape index (κ3) is 3.30. The molecule has 10 nitrogen and oxygen atoms in total. The van der Waals surface area contributed by atoms with Gasteiger partial charge in [-0.2, -0.15) is 4.98 Å². The minimum atomic E-state index is -1.23. The van der Waals surface area contributed by atoms with Gasteiger partial charge in [0.25, 0.3) is 6.01 Å². The molecule has 5 rings (SSSR count). The molecule has 0 amide bonds. The van der Waals surface area contributed by atoms with Gasteiger partial charge in [-0.05, 0) is 18.2 Å². The SMILES string of the molecule is CCc1ccc(CNc2nc3nc(O[C@@H]4CO[C@@H]5[C@H](O)CO[C@@]54N)[nH]c3cc2Cl)o1. The molecular weight excluding hydrogens is 414 g/mol. The first kappa shape index (κ1) is 19.6. The quantitative estimate of drug-likeness (QED) is 0.454. The molecule has 0 aliphatic carbocycles. The zero-order chi connectivity index (χ0) is 20.9. The fourth-order valence-electron chi connectivity index (χ4n) is 3.75. The second-order valence-electron chi connectivity index (χ2n) is 7.40. The molecule has 2 aliphatic heterocycles. The number of halogens is 1. The summed E-state index contributed by atoms with van der Waals surface area (Å²) < 4.78 is 22.7. The highest BCUT2D eigenvalue weighted by atomic mass is 35.5. The third-order valence-electron chi connectivity index (χ3n) is 5.38. The number of ether oxygens (including phenoxy) is 3. The molecule has 3 aromatic rings. The molecule has 30 heavy (non-hydrogen) atoms.